The normalized spacial score (nSPS) is 15.8. The molecule has 10 nitrogen and oxygen atoms in total. The number of hydrogen-bond donors (Lipinski definition) is 2. The van der Waals surface area contributed by atoms with Crippen LogP contribution in [-0.4, -0.2) is 65.4 Å². The highest BCUT2D eigenvalue weighted by atomic mass is 35.5. The van der Waals surface area contributed by atoms with Gasteiger partial charge in [-0.2, -0.15) is 12.7 Å². The molecule has 1 saturated heterocycles. The summed E-state index contributed by atoms with van der Waals surface area (Å²) in [6.07, 6.45) is 3.61. The van der Waals surface area contributed by atoms with E-state index in [1.165, 1.54) is 15.6 Å². The second kappa shape index (κ2) is 8.88. The second-order valence-corrected chi connectivity index (χ2v) is 10.2. The van der Waals surface area contributed by atoms with E-state index in [1.807, 2.05) is 34.2 Å². The van der Waals surface area contributed by atoms with Gasteiger partial charge in [0.25, 0.3) is 10.2 Å². The third-order valence-electron chi connectivity index (χ3n) is 5.21. The summed E-state index contributed by atoms with van der Waals surface area (Å²) >= 11 is 7.73. The Morgan fingerprint density at radius 1 is 1.30 bits per heavy atom. The molecule has 4 aromatic rings. The summed E-state index contributed by atoms with van der Waals surface area (Å²) in [4.78, 5) is 14.6. The lowest BCUT2D eigenvalue weighted by Gasteiger charge is -2.13. The van der Waals surface area contributed by atoms with E-state index >= 15 is 0 Å². The van der Waals surface area contributed by atoms with E-state index in [-0.39, 0.29) is 0 Å². The fraction of sp³-hybridized carbons (Fsp3) is 0.250. The van der Waals surface area contributed by atoms with Gasteiger partial charge in [-0.05, 0) is 18.2 Å². The first-order valence-electron chi connectivity index (χ1n) is 10.1. The van der Waals surface area contributed by atoms with Gasteiger partial charge >= 0.3 is 0 Å². The van der Waals surface area contributed by atoms with Crippen molar-refractivity contribution in [2.45, 2.75) is 0 Å². The maximum Gasteiger partial charge on any atom is 0.279 e. The first-order valence-corrected chi connectivity index (χ1v) is 12.8. The quantitative estimate of drug-likeness (QED) is 0.397. The Balaban J connectivity index is 1.46. The molecular weight excluding hydrogens is 486 g/mol. The van der Waals surface area contributed by atoms with E-state index in [1.54, 1.807) is 19.4 Å². The number of nitrogens with one attached hydrogen (secondary N) is 2. The SMILES string of the molecule is COc1cc(-c2nc3sccn3c2-c2ccnc(NCCN3CCNS3(=O)=O)n2)ccc1Cl. The van der Waals surface area contributed by atoms with Crippen LogP contribution in [-0.2, 0) is 10.2 Å². The molecule has 0 saturated carbocycles. The van der Waals surface area contributed by atoms with Crippen LogP contribution in [0.25, 0.3) is 27.6 Å². The third kappa shape index (κ3) is 4.27. The molecule has 0 radical (unpaired) electrons. The number of aromatic nitrogens is 4. The summed E-state index contributed by atoms with van der Waals surface area (Å²) in [7, 11) is -1.80. The molecule has 0 atom stereocenters. The predicted octanol–water partition coefficient (Wildman–Crippen LogP) is 2.74. The average Bonchev–Trinajstić information content (AvgIpc) is 3.49. The Labute approximate surface area is 199 Å². The summed E-state index contributed by atoms with van der Waals surface area (Å²) in [5, 5.41) is 5.60. The van der Waals surface area contributed by atoms with Crippen LogP contribution in [0, 0.1) is 0 Å². The number of methoxy groups -OCH3 is 1. The summed E-state index contributed by atoms with van der Waals surface area (Å²) in [5.74, 6) is 0.967. The van der Waals surface area contributed by atoms with Crippen LogP contribution >= 0.6 is 22.9 Å². The number of nitrogens with zero attached hydrogens (tertiary/aromatic N) is 5. The van der Waals surface area contributed by atoms with E-state index in [0.717, 1.165) is 21.9 Å². The van der Waals surface area contributed by atoms with Crippen molar-refractivity contribution < 1.29 is 13.2 Å². The molecule has 1 aliphatic rings. The van der Waals surface area contributed by atoms with Gasteiger partial charge in [-0.1, -0.05) is 17.7 Å². The standard InChI is InChI=1S/C20H20ClN7O3S2/c1-31-16-12-13(2-3-14(16)21)17-18(28-10-11-32-20(28)26-17)15-4-5-22-19(25-15)23-6-8-27-9-7-24-33(27,29)30/h2-5,10-12,24H,6-9H2,1H3,(H,22,23,25). The average molecular weight is 506 g/mol. The van der Waals surface area contributed by atoms with Crippen molar-refractivity contribution in [3.63, 3.8) is 0 Å². The van der Waals surface area contributed by atoms with E-state index in [9.17, 15) is 8.42 Å². The Hall–Kier alpha value is -2.77. The minimum atomic E-state index is -3.38. The number of hydrogen-bond acceptors (Lipinski definition) is 8. The third-order valence-corrected chi connectivity index (χ3v) is 7.90. The number of rotatable bonds is 7. The minimum absolute atomic E-state index is 0.320. The number of imidazole rings is 1. The largest absolute Gasteiger partial charge is 0.495 e. The zero-order valence-corrected chi connectivity index (χ0v) is 19.9. The molecule has 0 unspecified atom stereocenters. The first-order chi connectivity index (χ1) is 16.0. The molecule has 0 amide bonds. The van der Waals surface area contributed by atoms with Crippen LogP contribution in [0.2, 0.25) is 5.02 Å². The van der Waals surface area contributed by atoms with Crippen LogP contribution in [0.3, 0.4) is 0 Å². The highest BCUT2D eigenvalue weighted by Gasteiger charge is 2.27. The summed E-state index contributed by atoms with van der Waals surface area (Å²) in [6.45, 7) is 1.57. The minimum Gasteiger partial charge on any atom is -0.495 e. The Morgan fingerprint density at radius 2 is 2.18 bits per heavy atom. The molecule has 33 heavy (non-hydrogen) atoms. The van der Waals surface area contributed by atoms with Crippen LogP contribution in [0.15, 0.2) is 42.0 Å². The fourth-order valence-electron chi connectivity index (χ4n) is 3.65. The predicted molar refractivity (Wildman–Crippen MR) is 128 cm³/mol. The molecular formula is C20H20ClN7O3S2. The fourth-order valence-corrected chi connectivity index (χ4v) is 5.75. The van der Waals surface area contributed by atoms with Crippen molar-refractivity contribution in [3.8, 4) is 28.4 Å². The van der Waals surface area contributed by atoms with Crippen molar-refractivity contribution >= 4 is 44.1 Å². The Morgan fingerprint density at radius 3 is 2.97 bits per heavy atom. The van der Waals surface area contributed by atoms with Crippen molar-refractivity contribution in [1.82, 2.24) is 28.4 Å². The molecule has 3 aromatic heterocycles. The zero-order chi connectivity index (χ0) is 23.0. The van der Waals surface area contributed by atoms with Crippen molar-refractivity contribution in [1.29, 1.82) is 0 Å². The smallest absolute Gasteiger partial charge is 0.279 e. The maximum atomic E-state index is 11.9. The van der Waals surface area contributed by atoms with Crippen LogP contribution < -0.4 is 14.8 Å². The number of benzene rings is 1. The highest BCUT2D eigenvalue weighted by molar-refractivity contribution is 7.87. The maximum absolute atomic E-state index is 11.9. The lowest BCUT2D eigenvalue weighted by Crippen LogP contribution is -2.33. The van der Waals surface area contributed by atoms with Gasteiger partial charge in [-0.3, -0.25) is 4.40 Å². The van der Waals surface area contributed by atoms with Crippen molar-refractivity contribution in [2.75, 3.05) is 38.6 Å². The molecule has 0 bridgehead atoms. The molecule has 1 aromatic carbocycles. The lowest BCUT2D eigenvalue weighted by atomic mass is 10.1. The highest BCUT2D eigenvalue weighted by Crippen LogP contribution is 2.36. The molecule has 13 heteroatoms. The number of halogens is 1. The summed E-state index contributed by atoms with van der Waals surface area (Å²) < 4.78 is 35.0. The Kier molecular flexibility index (Phi) is 5.93. The van der Waals surface area contributed by atoms with Gasteiger partial charge in [-0.15, -0.1) is 11.3 Å². The summed E-state index contributed by atoms with van der Waals surface area (Å²) in [5.41, 5.74) is 3.09. The van der Waals surface area contributed by atoms with E-state index in [2.05, 4.69) is 20.0 Å². The van der Waals surface area contributed by atoms with E-state index < -0.39 is 10.2 Å². The monoisotopic (exact) mass is 505 g/mol. The second-order valence-electron chi connectivity index (χ2n) is 7.20. The number of thiazole rings is 1. The number of ether oxygens (including phenoxy) is 1. The van der Waals surface area contributed by atoms with Gasteiger partial charge in [0.15, 0.2) is 4.96 Å². The lowest BCUT2D eigenvalue weighted by molar-refractivity contribution is 0.415. The molecule has 5 rings (SSSR count). The van der Waals surface area contributed by atoms with Gasteiger partial charge in [0.1, 0.15) is 11.4 Å². The number of fused-ring (bicyclic) bond motifs is 1. The molecule has 0 spiro atoms. The van der Waals surface area contributed by atoms with Crippen LogP contribution in [0.5, 0.6) is 5.75 Å². The first kappa shape index (κ1) is 22.0. The molecule has 4 heterocycles. The molecule has 1 aliphatic heterocycles. The van der Waals surface area contributed by atoms with Gasteiger partial charge in [0.05, 0.1) is 23.5 Å². The van der Waals surface area contributed by atoms with E-state index in [0.29, 0.717) is 48.6 Å². The molecule has 0 aliphatic carbocycles. The Bertz CT molecular complexity index is 1420. The van der Waals surface area contributed by atoms with E-state index in [4.69, 9.17) is 21.3 Å². The van der Waals surface area contributed by atoms with Gasteiger partial charge in [0, 0.05) is 49.5 Å². The van der Waals surface area contributed by atoms with Crippen LogP contribution in [0.1, 0.15) is 0 Å². The van der Waals surface area contributed by atoms with Gasteiger partial charge in [0.2, 0.25) is 5.95 Å². The number of anilines is 1. The summed E-state index contributed by atoms with van der Waals surface area (Å²) in [6, 6.07) is 7.34. The zero-order valence-electron chi connectivity index (χ0n) is 17.5. The van der Waals surface area contributed by atoms with Crippen molar-refractivity contribution in [2.24, 2.45) is 0 Å². The van der Waals surface area contributed by atoms with Crippen LogP contribution in [0.4, 0.5) is 5.95 Å². The molecule has 1 fully saturated rings. The molecule has 2 N–H and O–H groups in total. The van der Waals surface area contributed by atoms with Crippen molar-refractivity contribution in [3.05, 3.63) is 47.1 Å². The van der Waals surface area contributed by atoms with Gasteiger partial charge < -0.3 is 10.1 Å². The topological polar surface area (TPSA) is 114 Å². The molecule has 172 valence electrons. The van der Waals surface area contributed by atoms with Gasteiger partial charge in [-0.25, -0.2) is 19.7 Å².